The van der Waals surface area contributed by atoms with Crippen molar-refractivity contribution in [3.63, 3.8) is 0 Å². The topological polar surface area (TPSA) is 55.1 Å². The SMILES string of the molecule is C[C@@H](NC(=O)CCCCN)c1cccc(Cl)c1. The Hall–Kier alpha value is -1.06. The van der Waals surface area contributed by atoms with Crippen molar-refractivity contribution in [3.8, 4) is 0 Å². The number of nitrogens with two attached hydrogens (primary N) is 1. The molecule has 17 heavy (non-hydrogen) atoms. The zero-order valence-corrected chi connectivity index (χ0v) is 10.8. The van der Waals surface area contributed by atoms with E-state index >= 15 is 0 Å². The Morgan fingerprint density at radius 2 is 2.24 bits per heavy atom. The third-order valence-electron chi connectivity index (χ3n) is 2.58. The Bertz CT molecular complexity index is 368. The number of carbonyl (C=O) groups is 1. The van der Waals surface area contributed by atoms with Gasteiger partial charge in [-0.3, -0.25) is 4.79 Å². The van der Waals surface area contributed by atoms with Crippen LogP contribution in [0.4, 0.5) is 0 Å². The number of hydrogen-bond donors (Lipinski definition) is 2. The molecule has 0 unspecified atom stereocenters. The van der Waals surface area contributed by atoms with E-state index < -0.39 is 0 Å². The van der Waals surface area contributed by atoms with Crippen molar-refractivity contribution < 1.29 is 4.79 Å². The molecule has 0 saturated heterocycles. The summed E-state index contributed by atoms with van der Waals surface area (Å²) in [6, 6.07) is 7.51. The zero-order chi connectivity index (χ0) is 12.7. The first-order valence-electron chi connectivity index (χ1n) is 5.88. The van der Waals surface area contributed by atoms with Crippen LogP contribution in [0.5, 0.6) is 0 Å². The van der Waals surface area contributed by atoms with Crippen molar-refractivity contribution in [3.05, 3.63) is 34.9 Å². The molecule has 0 saturated carbocycles. The summed E-state index contributed by atoms with van der Waals surface area (Å²) in [4.78, 5) is 11.6. The highest BCUT2D eigenvalue weighted by Gasteiger charge is 2.09. The molecule has 0 aromatic heterocycles. The number of halogens is 1. The lowest BCUT2D eigenvalue weighted by Gasteiger charge is -2.14. The molecule has 1 atom stereocenters. The number of rotatable bonds is 6. The molecule has 0 fully saturated rings. The fourth-order valence-electron chi connectivity index (χ4n) is 1.60. The van der Waals surface area contributed by atoms with Gasteiger partial charge in [0.25, 0.3) is 0 Å². The molecule has 1 rings (SSSR count). The van der Waals surface area contributed by atoms with Gasteiger partial charge < -0.3 is 11.1 Å². The highest BCUT2D eigenvalue weighted by molar-refractivity contribution is 6.30. The van der Waals surface area contributed by atoms with Crippen molar-refractivity contribution in [1.29, 1.82) is 0 Å². The molecule has 0 aliphatic rings. The largest absolute Gasteiger partial charge is 0.350 e. The van der Waals surface area contributed by atoms with E-state index in [9.17, 15) is 4.79 Å². The first-order chi connectivity index (χ1) is 8.13. The Morgan fingerprint density at radius 3 is 2.88 bits per heavy atom. The maximum atomic E-state index is 11.6. The average molecular weight is 255 g/mol. The summed E-state index contributed by atoms with van der Waals surface area (Å²) in [5.74, 6) is 0.0610. The Morgan fingerprint density at radius 1 is 1.47 bits per heavy atom. The van der Waals surface area contributed by atoms with Crippen molar-refractivity contribution >= 4 is 17.5 Å². The molecule has 3 nitrogen and oxygen atoms in total. The monoisotopic (exact) mass is 254 g/mol. The van der Waals surface area contributed by atoms with E-state index in [1.807, 2.05) is 31.2 Å². The van der Waals surface area contributed by atoms with Crippen LogP contribution in [0.15, 0.2) is 24.3 Å². The number of amides is 1. The summed E-state index contributed by atoms with van der Waals surface area (Å²) in [6.45, 7) is 2.59. The van der Waals surface area contributed by atoms with Crippen LogP contribution in [0.25, 0.3) is 0 Å². The molecule has 0 heterocycles. The van der Waals surface area contributed by atoms with Crippen LogP contribution in [0.3, 0.4) is 0 Å². The van der Waals surface area contributed by atoms with Crippen LogP contribution in [0, 0.1) is 0 Å². The van der Waals surface area contributed by atoms with Gasteiger partial charge in [-0.1, -0.05) is 23.7 Å². The minimum Gasteiger partial charge on any atom is -0.350 e. The first kappa shape index (κ1) is 14.0. The second kappa shape index (κ2) is 7.30. The smallest absolute Gasteiger partial charge is 0.220 e. The molecule has 0 radical (unpaired) electrons. The van der Waals surface area contributed by atoms with E-state index in [1.165, 1.54) is 0 Å². The molecule has 3 N–H and O–H groups in total. The predicted molar refractivity (Wildman–Crippen MR) is 70.9 cm³/mol. The maximum Gasteiger partial charge on any atom is 0.220 e. The van der Waals surface area contributed by atoms with E-state index in [-0.39, 0.29) is 11.9 Å². The quantitative estimate of drug-likeness (QED) is 0.767. The van der Waals surface area contributed by atoms with Crippen LogP contribution in [0.2, 0.25) is 5.02 Å². The second-order valence-electron chi connectivity index (χ2n) is 4.09. The minimum atomic E-state index is -0.0147. The Labute approximate surface area is 107 Å². The number of carbonyl (C=O) groups excluding carboxylic acids is 1. The Balaban J connectivity index is 2.43. The van der Waals surface area contributed by atoms with Crippen LogP contribution < -0.4 is 11.1 Å². The normalized spacial score (nSPS) is 12.2. The van der Waals surface area contributed by atoms with Gasteiger partial charge in [-0.25, -0.2) is 0 Å². The maximum absolute atomic E-state index is 11.6. The highest BCUT2D eigenvalue weighted by atomic mass is 35.5. The van der Waals surface area contributed by atoms with Gasteiger partial charge in [0.15, 0.2) is 0 Å². The fourth-order valence-corrected chi connectivity index (χ4v) is 1.80. The van der Waals surface area contributed by atoms with Gasteiger partial charge in [-0.05, 0) is 44.0 Å². The lowest BCUT2D eigenvalue weighted by Crippen LogP contribution is -2.26. The third kappa shape index (κ3) is 5.20. The molecule has 4 heteroatoms. The van der Waals surface area contributed by atoms with Crippen LogP contribution in [-0.2, 0) is 4.79 Å². The fraction of sp³-hybridized carbons (Fsp3) is 0.462. The number of unbranched alkanes of at least 4 members (excludes halogenated alkanes) is 1. The van der Waals surface area contributed by atoms with Crippen molar-refractivity contribution in [2.75, 3.05) is 6.54 Å². The molecule has 1 aromatic carbocycles. The van der Waals surface area contributed by atoms with Crippen LogP contribution in [-0.4, -0.2) is 12.5 Å². The Kier molecular flexibility index (Phi) is 6.01. The van der Waals surface area contributed by atoms with E-state index in [0.29, 0.717) is 18.0 Å². The average Bonchev–Trinajstić information content (AvgIpc) is 2.29. The summed E-state index contributed by atoms with van der Waals surface area (Å²) in [6.07, 6.45) is 2.26. The second-order valence-corrected chi connectivity index (χ2v) is 4.53. The summed E-state index contributed by atoms with van der Waals surface area (Å²) in [5.41, 5.74) is 6.40. The molecule has 1 amide bonds. The van der Waals surface area contributed by atoms with Crippen LogP contribution in [0.1, 0.15) is 37.8 Å². The summed E-state index contributed by atoms with van der Waals surface area (Å²) < 4.78 is 0. The van der Waals surface area contributed by atoms with Crippen molar-refractivity contribution in [2.24, 2.45) is 5.73 Å². The van der Waals surface area contributed by atoms with Gasteiger partial charge in [0.05, 0.1) is 6.04 Å². The molecular weight excluding hydrogens is 236 g/mol. The molecule has 1 aromatic rings. The lowest BCUT2D eigenvalue weighted by atomic mass is 10.1. The molecular formula is C13H19ClN2O. The minimum absolute atomic E-state index is 0.0147. The zero-order valence-electron chi connectivity index (χ0n) is 10.1. The third-order valence-corrected chi connectivity index (χ3v) is 2.82. The van der Waals surface area contributed by atoms with Gasteiger partial charge in [0.2, 0.25) is 5.91 Å². The predicted octanol–water partition coefficient (Wildman–Crippen LogP) is 2.65. The van der Waals surface area contributed by atoms with Gasteiger partial charge in [-0.2, -0.15) is 0 Å². The molecule has 0 aliphatic heterocycles. The summed E-state index contributed by atoms with van der Waals surface area (Å²) >= 11 is 5.90. The highest BCUT2D eigenvalue weighted by Crippen LogP contribution is 2.17. The van der Waals surface area contributed by atoms with E-state index in [4.69, 9.17) is 17.3 Å². The summed E-state index contributed by atoms with van der Waals surface area (Å²) in [7, 11) is 0. The van der Waals surface area contributed by atoms with Crippen molar-refractivity contribution in [2.45, 2.75) is 32.2 Å². The van der Waals surface area contributed by atoms with Gasteiger partial charge >= 0.3 is 0 Å². The standard InChI is InChI=1S/C13H19ClN2O/c1-10(11-5-4-6-12(14)9-11)16-13(17)7-2-3-8-15/h4-6,9-10H,2-3,7-8,15H2,1H3,(H,16,17)/t10-/m1/s1. The van der Waals surface area contributed by atoms with Gasteiger partial charge in [0.1, 0.15) is 0 Å². The molecule has 0 bridgehead atoms. The lowest BCUT2D eigenvalue weighted by molar-refractivity contribution is -0.121. The molecule has 0 aliphatic carbocycles. The summed E-state index contributed by atoms with van der Waals surface area (Å²) in [5, 5.41) is 3.63. The van der Waals surface area contributed by atoms with E-state index in [1.54, 1.807) is 0 Å². The van der Waals surface area contributed by atoms with Crippen LogP contribution >= 0.6 is 11.6 Å². The number of hydrogen-bond acceptors (Lipinski definition) is 2. The van der Waals surface area contributed by atoms with Gasteiger partial charge in [-0.15, -0.1) is 0 Å². The van der Waals surface area contributed by atoms with Gasteiger partial charge in [0, 0.05) is 11.4 Å². The number of benzene rings is 1. The first-order valence-corrected chi connectivity index (χ1v) is 6.26. The number of nitrogens with one attached hydrogen (secondary N) is 1. The van der Waals surface area contributed by atoms with E-state index in [2.05, 4.69) is 5.32 Å². The van der Waals surface area contributed by atoms with E-state index in [0.717, 1.165) is 18.4 Å². The van der Waals surface area contributed by atoms with Crippen molar-refractivity contribution in [1.82, 2.24) is 5.32 Å². The molecule has 0 spiro atoms. The molecule has 94 valence electrons.